The summed E-state index contributed by atoms with van der Waals surface area (Å²) in [6, 6.07) is 16.8. The molecule has 2 aliphatic rings. The van der Waals surface area contributed by atoms with E-state index in [1.54, 1.807) is 12.1 Å². The smallest absolute Gasteiger partial charge is 0.214 e. The first-order valence-electron chi connectivity index (χ1n) is 8.81. The number of aryl methyl sites for hydroxylation is 1. The number of ether oxygens (including phenoxy) is 1. The van der Waals surface area contributed by atoms with Gasteiger partial charge in [-0.05, 0) is 24.1 Å². The van der Waals surface area contributed by atoms with Crippen LogP contribution in [0.1, 0.15) is 28.8 Å². The third kappa shape index (κ3) is 3.27. The van der Waals surface area contributed by atoms with Gasteiger partial charge in [0.1, 0.15) is 11.4 Å². The van der Waals surface area contributed by atoms with Gasteiger partial charge in [0, 0.05) is 13.0 Å². The maximum atomic E-state index is 12.7. The van der Waals surface area contributed by atoms with Gasteiger partial charge in [0.2, 0.25) is 10.0 Å². The molecule has 6 heteroatoms. The molecule has 2 heterocycles. The Labute approximate surface area is 153 Å². The molecule has 1 fully saturated rings. The van der Waals surface area contributed by atoms with Crippen LogP contribution in [-0.2, 0) is 16.4 Å². The number of nitrogens with zero attached hydrogens (tertiary/aromatic N) is 1. The molecule has 26 heavy (non-hydrogen) atoms. The summed E-state index contributed by atoms with van der Waals surface area (Å²) in [7, 11) is -3.39. The standard InChI is InChI=1S/C20H21NO4S/c22-18-14-20(25-19-9-5-4-8-17(18)19)11-12-21(15-20)26(23,24)13-10-16-6-2-1-3-7-16/h1-9H,10-15H2. The molecule has 0 saturated carbocycles. The lowest BCUT2D eigenvalue weighted by Crippen LogP contribution is -2.45. The van der Waals surface area contributed by atoms with Gasteiger partial charge in [-0.2, -0.15) is 4.31 Å². The number of para-hydroxylation sites is 1. The normalized spacial score (nSPS) is 23.0. The predicted octanol–water partition coefficient (Wildman–Crippen LogP) is 2.67. The number of carbonyl (C=O) groups is 1. The highest BCUT2D eigenvalue weighted by molar-refractivity contribution is 7.89. The van der Waals surface area contributed by atoms with Crippen LogP contribution < -0.4 is 4.74 Å². The number of rotatable bonds is 4. The van der Waals surface area contributed by atoms with E-state index in [1.807, 2.05) is 42.5 Å². The second kappa shape index (κ2) is 6.52. The molecule has 5 nitrogen and oxygen atoms in total. The van der Waals surface area contributed by atoms with Crippen molar-refractivity contribution in [1.29, 1.82) is 0 Å². The van der Waals surface area contributed by atoms with Crippen LogP contribution in [0.25, 0.3) is 0 Å². The number of Topliss-reactive ketones (excluding diaryl/α,β-unsaturated/α-hetero) is 1. The lowest BCUT2D eigenvalue weighted by Gasteiger charge is -2.34. The summed E-state index contributed by atoms with van der Waals surface area (Å²) >= 11 is 0. The van der Waals surface area contributed by atoms with Gasteiger partial charge in [-0.1, -0.05) is 42.5 Å². The second-order valence-electron chi connectivity index (χ2n) is 7.02. The Bertz CT molecular complexity index is 926. The molecular weight excluding hydrogens is 350 g/mol. The summed E-state index contributed by atoms with van der Waals surface area (Å²) in [4.78, 5) is 12.5. The molecule has 2 aromatic carbocycles. The summed E-state index contributed by atoms with van der Waals surface area (Å²) < 4.78 is 33.1. The Balaban J connectivity index is 1.47. The van der Waals surface area contributed by atoms with Gasteiger partial charge >= 0.3 is 0 Å². The van der Waals surface area contributed by atoms with E-state index in [4.69, 9.17) is 4.74 Å². The zero-order valence-corrected chi connectivity index (χ0v) is 15.2. The number of hydrogen-bond acceptors (Lipinski definition) is 4. The largest absolute Gasteiger partial charge is 0.485 e. The Morgan fingerprint density at radius 2 is 1.77 bits per heavy atom. The van der Waals surface area contributed by atoms with Crippen molar-refractivity contribution in [2.75, 3.05) is 18.8 Å². The lowest BCUT2D eigenvalue weighted by atomic mass is 9.89. The summed E-state index contributed by atoms with van der Waals surface area (Å²) in [6.45, 7) is 0.636. The molecule has 1 unspecified atom stereocenters. The van der Waals surface area contributed by atoms with Crippen molar-refractivity contribution >= 4 is 15.8 Å². The molecule has 136 valence electrons. The summed E-state index contributed by atoms with van der Waals surface area (Å²) in [6.07, 6.45) is 1.25. The molecule has 1 spiro atoms. The first-order chi connectivity index (χ1) is 12.5. The van der Waals surface area contributed by atoms with Crippen molar-refractivity contribution in [2.24, 2.45) is 0 Å². The van der Waals surface area contributed by atoms with Gasteiger partial charge in [0.25, 0.3) is 0 Å². The quantitative estimate of drug-likeness (QED) is 0.829. The SMILES string of the molecule is O=C1CC2(CCN(S(=O)(=O)CCc3ccccc3)C2)Oc2ccccc21. The van der Waals surface area contributed by atoms with Crippen LogP contribution in [-0.4, -0.2) is 42.9 Å². The van der Waals surface area contributed by atoms with Crippen LogP contribution in [0.4, 0.5) is 0 Å². The minimum Gasteiger partial charge on any atom is -0.485 e. The number of carbonyl (C=O) groups excluding carboxylic acids is 1. The van der Waals surface area contributed by atoms with Crippen LogP contribution in [0.5, 0.6) is 5.75 Å². The highest BCUT2D eigenvalue weighted by Crippen LogP contribution is 2.39. The zero-order chi connectivity index (χ0) is 18.2. The molecular formula is C20H21NO4S. The molecule has 4 rings (SSSR count). The lowest BCUT2D eigenvalue weighted by molar-refractivity contribution is 0.0498. The fraction of sp³-hybridized carbons (Fsp3) is 0.350. The highest BCUT2D eigenvalue weighted by atomic mass is 32.2. The predicted molar refractivity (Wildman–Crippen MR) is 98.9 cm³/mol. The second-order valence-corrected chi connectivity index (χ2v) is 9.10. The van der Waals surface area contributed by atoms with Crippen LogP contribution in [0.15, 0.2) is 54.6 Å². The van der Waals surface area contributed by atoms with Crippen molar-refractivity contribution in [3.05, 3.63) is 65.7 Å². The topological polar surface area (TPSA) is 63.7 Å². The minimum absolute atomic E-state index is 0.0235. The van der Waals surface area contributed by atoms with Crippen LogP contribution in [0.2, 0.25) is 0 Å². The van der Waals surface area contributed by atoms with Gasteiger partial charge in [-0.15, -0.1) is 0 Å². The third-order valence-corrected chi connectivity index (χ3v) is 6.98. The van der Waals surface area contributed by atoms with E-state index >= 15 is 0 Å². The van der Waals surface area contributed by atoms with E-state index in [9.17, 15) is 13.2 Å². The molecule has 2 aromatic rings. The van der Waals surface area contributed by atoms with Crippen molar-refractivity contribution < 1.29 is 17.9 Å². The monoisotopic (exact) mass is 371 g/mol. The van der Waals surface area contributed by atoms with Crippen LogP contribution in [0, 0.1) is 0 Å². The highest BCUT2D eigenvalue weighted by Gasteiger charge is 2.48. The maximum Gasteiger partial charge on any atom is 0.214 e. The first kappa shape index (κ1) is 17.2. The van der Waals surface area contributed by atoms with Gasteiger partial charge in [0.15, 0.2) is 5.78 Å². The number of ketones is 1. The Hall–Kier alpha value is -2.18. The molecule has 0 aliphatic carbocycles. The Morgan fingerprint density at radius 1 is 1.04 bits per heavy atom. The molecule has 0 aromatic heterocycles. The van der Waals surface area contributed by atoms with Gasteiger partial charge in [-0.3, -0.25) is 4.79 Å². The summed E-state index contributed by atoms with van der Waals surface area (Å²) in [5.41, 5.74) is 0.858. The van der Waals surface area contributed by atoms with E-state index in [0.717, 1.165) is 5.56 Å². The van der Waals surface area contributed by atoms with E-state index in [-0.39, 0.29) is 24.5 Å². The van der Waals surface area contributed by atoms with Crippen molar-refractivity contribution in [2.45, 2.75) is 24.9 Å². The molecule has 1 saturated heterocycles. The van der Waals surface area contributed by atoms with Gasteiger partial charge in [0.05, 0.1) is 24.3 Å². The summed E-state index contributed by atoms with van der Waals surface area (Å²) in [5, 5.41) is 0. The summed E-state index contributed by atoms with van der Waals surface area (Å²) in [5.74, 6) is 0.653. The van der Waals surface area contributed by atoms with E-state index in [1.165, 1.54) is 4.31 Å². The minimum atomic E-state index is -3.39. The van der Waals surface area contributed by atoms with E-state index in [2.05, 4.69) is 0 Å². The van der Waals surface area contributed by atoms with Crippen molar-refractivity contribution in [3.63, 3.8) is 0 Å². The molecule has 0 N–H and O–H groups in total. The number of hydrogen-bond donors (Lipinski definition) is 0. The van der Waals surface area contributed by atoms with E-state index < -0.39 is 15.6 Å². The van der Waals surface area contributed by atoms with E-state index in [0.29, 0.717) is 30.7 Å². The maximum absolute atomic E-state index is 12.7. The first-order valence-corrected chi connectivity index (χ1v) is 10.4. The van der Waals surface area contributed by atoms with Crippen LogP contribution in [0.3, 0.4) is 0 Å². The fourth-order valence-electron chi connectivity index (χ4n) is 3.74. The molecule has 0 bridgehead atoms. The molecule has 2 aliphatic heterocycles. The zero-order valence-electron chi connectivity index (χ0n) is 14.4. The van der Waals surface area contributed by atoms with Crippen molar-refractivity contribution in [3.8, 4) is 5.75 Å². The molecule has 0 amide bonds. The van der Waals surface area contributed by atoms with Gasteiger partial charge in [-0.25, -0.2) is 8.42 Å². The average molecular weight is 371 g/mol. The fourth-order valence-corrected chi connectivity index (χ4v) is 5.29. The van der Waals surface area contributed by atoms with Crippen molar-refractivity contribution in [1.82, 2.24) is 4.31 Å². The average Bonchev–Trinajstić information content (AvgIpc) is 3.05. The third-order valence-electron chi connectivity index (χ3n) is 5.16. The Kier molecular flexibility index (Phi) is 4.32. The molecule has 1 atom stereocenters. The number of benzene rings is 2. The van der Waals surface area contributed by atoms with Gasteiger partial charge < -0.3 is 4.74 Å². The van der Waals surface area contributed by atoms with Crippen LogP contribution >= 0.6 is 0 Å². The Morgan fingerprint density at radius 3 is 2.58 bits per heavy atom. The number of fused-ring (bicyclic) bond motifs is 1. The number of sulfonamides is 1. The molecule has 0 radical (unpaired) electrons.